The van der Waals surface area contributed by atoms with Crippen LogP contribution in [-0.2, 0) is 17.6 Å². The van der Waals surface area contributed by atoms with Gasteiger partial charge < -0.3 is 24.3 Å². The van der Waals surface area contributed by atoms with Crippen molar-refractivity contribution in [1.29, 1.82) is 0 Å². The number of amides is 1. The van der Waals surface area contributed by atoms with Gasteiger partial charge in [0.15, 0.2) is 11.5 Å². The number of ether oxygens (including phenoxy) is 4. The summed E-state index contributed by atoms with van der Waals surface area (Å²) in [5, 5.41) is 3.07. The van der Waals surface area contributed by atoms with Gasteiger partial charge in [-0.15, -0.1) is 0 Å². The number of nitrogens with one attached hydrogen (secondary N) is 1. The fraction of sp³-hybridized carbons (Fsp3) is 0.435. The van der Waals surface area contributed by atoms with Crippen LogP contribution >= 0.6 is 0 Å². The maximum absolute atomic E-state index is 12.4. The van der Waals surface area contributed by atoms with Gasteiger partial charge in [-0.25, -0.2) is 0 Å². The lowest BCUT2D eigenvalue weighted by atomic mass is 10.0. The molecule has 2 rings (SSSR count). The van der Waals surface area contributed by atoms with Gasteiger partial charge in [-0.05, 0) is 55.5 Å². The van der Waals surface area contributed by atoms with Crippen LogP contribution in [0.1, 0.15) is 30.9 Å². The molecule has 0 radical (unpaired) electrons. The van der Waals surface area contributed by atoms with Gasteiger partial charge in [0, 0.05) is 12.1 Å². The number of carbonyl (C=O) groups is 1. The molecule has 2 aromatic carbocycles. The maximum Gasteiger partial charge on any atom is 0.224 e. The fourth-order valence-electron chi connectivity index (χ4n) is 3.23. The zero-order chi connectivity index (χ0) is 21.2. The van der Waals surface area contributed by atoms with Crippen LogP contribution < -0.4 is 24.3 Å². The first-order valence-corrected chi connectivity index (χ1v) is 9.71. The van der Waals surface area contributed by atoms with Crippen molar-refractivity contribution in [3.8, 4) is 23.0 Å². The van der Waals surface area contributed by atoms with E-state index in [1.807, 2.05) is 43.3 Å². The molecule has 0 heterocycles. The molecule has 0 aliphatic heterocycles. The van der Waals surface area contributed by atoms with Crippen molar-refractivity contribution in [3.63, 3.8) is 0 Å². The van der Waals surface area contributed by atoms with Crippen molar-refractivity contribution >= 4 is 5.91 Å². The Kier molecular flexibility index (Phi) is 8.65. The van der Waals surface area contributed by atoms with Crippen molar-refractivity contribution in [3.05, 3.63) is 47.5 Å². The third-order valence-corrected chi connectivity index (χ3v) is 4.80. The minimum Gasteiger partial charge on any atom is -0.497 e. The normalized spacial score (nSPS) is 11.5. The second-order valence-corrected chi connectivity index (χ2v) is 6.90. The Hall–Kier alpha value is -2.89. The first kappa shape index (κ1) is 22.4. The van der Waals surface area contributed by atoms with Crippen LogP contribution in [0, 0.1) is 0 Å². The smallest absolute Gasteiger partial charge is 0.224 e. The molecule has 0 aliphatic carbocycles. The summed E-state index contributed by atoms with van der Waals surface area (Å²) < 4.78 is 21.2. The Labute approximate surface area is 173 Å². The first-order chi connectivity index (χ1) is 14.0. The van der Waals surface area contributed by atoms with E-state index in [4.69, 9.17) is 18.9 Å². The highest BCUT2D eigenvalue weighted by Gasteiger charge is 2.12. The second-order valence-electron chi connectivity index (χ2n) is 6.90. The number of methoxy groups -OCH3 is 4. The van der Waals surface area contributed by atoms with E-state index in [0.717, 1.165) is 41.9 Å². The van der Waals surface area contributed by atoms with Crippen LogP contribution in [0.2, 0.25) is 0 Å². The summed E-state index contributed by atoms with van der Waals surface area (Å²) >= 11 is 0. The average Bonchev–Trinajstić information content (AvgIpc) is 2.73. The van der Waals surface area contributed by atoms with Crippen molar-refractivity contribution < 1.29 is 23.7 Å². The van der Waals surface area contributed by atoms with Crippen LogP contribution in [0.15, 0.2) is 36.4 Å². The highest BCUT2D eigenvalue weighted by molar-refractivity contribution is 5.79. The van der Waals surface area contributed by atoms with E-state index in [-0.39, 0.29) is 11.9 Å². The highest BCUT2D eigenvalue weighted by atomic mass is 16.5. The molecule has 2 aromatic rings. The van der Waals surface area contributed by atoms with E-state index in [2.05, 4.69) is 5.32 Å². The number of aryl methyl sites for hydroxylation is 1. The van der Waals surface area contributed by atoms with E-state index in [1.54, 1.807) is 28.4 Å². The summed E-state index contributed by atoms with van der Waals surface area (Å²) in [5.74, 6) is 2.88. The lowest BCUT2D eigenvalue weighted by molar-refractivity contribution is -0.121. The van der Waals surface area contributed by atoms with Crippen LogP contribution in [0.25, 0.3) is 0 Å². The van der Waals surface area contributed by atoms with Gasteiger partial charge in [0.25, 0.3) is 0 Å². The van der Waals surface area contributed by atoms with E-state index >= 15 is 0 Å². The lowest BCUT2D eigenvalue weighted by Gasteiger charge is -2.15. The molecule has 0 aliphatic rings. The number of benzene rings is 2. The average molecular weight is 402 g/mol. The summed E-state index contributed by atoms with van der Waals surface area (Å²) in [6.45, 7) is 2.03. The zero-order valence-corrected chi connectivity index (χ0v) is 17.9. The molecule has 1 N–H and O–H groups in total. The summed E-state index contributed by atoms with van der Waals surface area (Å²) in [4.78, 5) is 12.4. The van der Waals surface area contributed by atoms with Gasteiger partial charge in [-0.2, -0.15) is 0 Å². The van der Waals surface area contributed by atoms with Crippen LogP contribution in [0.3, 0.4) is 0 Å². The summed E-state index contributed by atoms with van der Waals surface area (Å²) in [5.41, 5.74) is 2.02. The molecule has 6 nitrogen and oxygen atoms in total. The molecule has 1 atom stereocenters. The van der Waals surface area contributed by atoms with Crippen LogP contribution in [0.4, 0.5) is 0 Å². The predicted octanol–water partition coefficient (Wildman–Crippen LogP) is 3.79. The molecule has 1 amide bonds. The molecule has 0 spiro atoms. The third-order valence-electron chi connectivity index (χ3n) is 4.80. The Morgan fingerprint density at radius 3 is 2.28 bits per heavy atom. The highest BCUT2D eigenvalue weighted by Crippen LogP contribution is 2.28. The van der Waals surface area contributed by atoms with E-state index in [0.29, 0.717) is 17.9 Å². The van der Waals surface area contributed by atoms with Gasteiger partial charge in [0.05, 0.1) is 34.9 Å². The van der Waals surface area contributed by atoms with Crippen molar-refractivity contribution in [2.24, 2.45) is 0 Å². The molecular weight excluding hydrogens is 370 g/mol. The number of hydrogen-bond acceptors (Lipinski definition) is 5. The minimum atomic E-state index is -0.00764. The Bertz CT molecular complexity index is 806. The van der Waals surface area contributed by atoms with Crippen LogP contribution in [0.5, 0.6) is 23.0 Å². The quantitative estimate of drug-likeness (QED) is 0.621. The van der Waals surface area contributed by atoms with Gasteiger partial charge >= 0.3 is 0 Å². The SMILES string of the molecule is COc1ccc(CCC[C@H](C)NC(=O)Cc2ccc(OC)c(OC)c2)c(OC)c1. The Morgan fingerprint density at radius 2 is 1.62 bits per heavy atom. The summed E-state index contributed by atoms with van der Waals surface area (Å²) in [6.07, 6.45) is 3.01. The molecule has 0 unspecified atom stereocenters. The largest absolute Gasteiger partial charge is 0.497 e. The molecule has 6 heteroatoms. The van der Waals surface area contributed by atoms with Gasteiger partial charge in [0.1, 0.15) is 11.5 Å². The van der Waals surface area contributed by atoms with Crippen molar-refractivity contribution in [2.45, 2.75) is 38.6 Å². The molecule has 0 saturated carbocycles. The van der Waals surface area contributed by atoms with Crippen molar-refractivity contribution in [2.75, 3.05) is 28.4 Å². The third kappa shape index (κ3) is 6.59. The monoisotopic (exact) mass is 401 g/mol. The van der Waals surface area contributed by atoms with E-state index in [9.17, 15) is 4.79 Å². The second kappa shape index (κ2) is 11.2. The Morgan fingerprint density at radius 1 is 0.897 bits per heavy atom. The Balaban J connectivity index is 1.82. The van der Waals surface area contributed by atoms with E-state index < -0.39 is 0 Å². The summed E-state index contributed by atoms with van der Waals surface area (Å²) in [7, 11) is 6.48. The van der Waals surface area contributed by atoms with Gasteiger partial charge in [-0.3, -0.25) is 4.79 Å². The molecule has 158 valence electrons. The predicted molar refractivity (Wildman–Crippen MR) is 113 cm³/mol. The molecule has 0 bridgehead atoms. The molecular formula is C23H31NO5. The lowest BCUT2D eigenvalue weighted by Crippen LogP contribution is -2.33. The number of hydrogen-bond donors (Lipinski definition) is 1. The first-order valence-electron chi connectivity index (χ1n) is 9.71. The standard InChI is InChI=1S/C23H31NO5/c1-16(7-6-8-18-10-11-19(26-2)15-21(18)28-4)24-23(25)14-17-9-12-20(27-3)22(13-17)29-5/h9-13,15-16H,6-8,14H2,1-5H3,(H,24,25)/t16-/m0/s1. The van der Waals surface area contributed by atoms with Gasteiger partial charge in [-0.1, -0.05) is 12.1 Å². The molecule has 0 saturated heterocycles. The minimum absolute atomic E-state index is 0.00764. The molecule has 29 heavy (non-hydrogen) atoms. The van der Waals surface area contributed by atoms with Crippen LogP contribution in [-0.4, -0.2) is 40.4 Å². The van der Waals surface area contributed by atoms with E-state index in [1.165, 1.54) is 0 Å². The van der Waals surface area contributed by atoms with Crippen molar-refractivity contribution in [1.82, 2.24) is 5.32 Å². The molecule has 0 aromatic heterocycles. The number of carbonyl (C=O) groups excluding carboxylic acids is 1. The summed E-state index contributed by atoms with van der Waals surface area (Å²) in [6, 6.07) is 11.5. The fourth-order valence-corrected chi connectivity index (χ4v) is 3.23. The zero-order valence-electron chi connectivity index (χ0n) is 17.9. The maximum atomic E-state index is 12.4. The topological polar surface area (TPSA) is 66.0 Å². The molecule has 0 fully saturated rings. The van der Waals surface area contributed by atoms with Gasteiger partial charge in [0.2, 0.25) is 5.91 Å². The number of rotatable bonds is 11.